The van der Waals surface area contributed by atoms with E-state index in [2.05, 4.69) is 59.8 Å². The van der Waals surface area contributed by atoms with E-state index in [0.29, 0.717) is 32.2 Å². The van der Waals surface area contributed by atoms with Crippen molar-refractivity contribution < 1.29 is 53.1 Å². The number of amides is 9. The number of aliphatic carboxylic acids is 1. The van der Waals surface area contributed by atoms with E-state index in [1.165, 1.54) is 25.7 Å². The number of nitrogens with two attached hydrogens (primary N) is 4. The Morgan fingerprint density at radius 1 is 0.430 bits per heavy atom. The number of carboxylic acids is 1. The van der Waals surface area contributed by atoms with E-state index in [1.54, 1.807) is 20.8 Å². The van der Waals surface area contributed by atoms with E-state index in [-0.39, 0.29) is 81.1 Å². The van der Waals surface area contributed by atoms with Crippen LogP contribution in [0.2, 0.25) is 0 Å². The first kappa shape index (κ1) is 79.9. The van der Waals surface area contributed by atoms with Gasteiger partial charge in [0, 0.05) is 6.54 Å². The number of carboxylic acid groups (broad SMARTS) is 1. The molecule has 1 unspecified atom stereocenters. The van der Waals surface area contributed by atoms with Gasteiger partial charge in [-0.1, -0.05) is 148 Å². The number of guanidine groups is 1. The zero-order chi connectivity index (χ0) is 65.6. The lowest BCUT2D eigenvalue weighted by atomic mass is 9.95. The molecule has 0 bridgehead atoms. The quantitative estimate of drug-likeness (QED) is 0.0237. The molecule has 0 radical (unpaired) electrons. The topological polar surface area (TPSA) is 416 Å². The third kappa shape index (κ3) is 34.9. The molecular formula is C61H116N14O11. The highest BCUT2D eigenvalue weighted by atomic mass is 16.4. The fraction of sp³-hybridized carbons (Fsp3) is 0.820. The summed E-state index contributed by atoms with van der Waals surface area (Å²) in [6.45, 7) is 23.8. The fourth-order valence-electron chi connectivity index (χ4n) is 9.59. The Balaban J connectivity index is 6.66. The lowest BCUT2D eigenvalue weighted by Crippen LogP contribution is -2.61. The van der Waals surface area contributed by atoms with Crippen molar-refractivity contribution in [1.82, 2.24) is 47.9 Å². The normalized spacial score (nSPS) is 15.0. The second kappa shape index (κ2) is 44.3. The highest BCUT2D eigenvalue weighted by Crippen LogP contribution is 2.17. The van der Waals surface area contributed by atoms with E-state index in [1.807, 2.05) is 62.3 Å². The molecule has 0 aromatic carbocycles. The van der Waals surface area contributed by atoms with Crippen LogP contribution in [-0.2, 0) is 47.9 Å². The van der Waals surface area contributed by atoms with Gasteiger partial charge in [-0.25, -0.2) is 4.79 Å². The van der Waals surface area contributed by atoms with Crippen molar-refractivity contribution in [1.29, 1.82) is 0 Å². The monoisotopic (exact) mass is 1220 g/mol. The molecule has 0 aliphatic heterocycles. The van der Waals surface area contributed by atoms with Gasteiger partial charge < -0.3 is 75.9 Å². The first-order chi connectivity index (χ1) is 40.4. The minimum atomic E-state index is -1.27. The molecule has 25 heteroatoms. The molecule has 25 nitrogen and oxygen atoms in total. The number of hydrogen-bond donors (Lipinski definition) is 14. The molecule has 0 fully saturated rings. The molecule has 496 valence electrons. The Morgan fingerprint density at radius 2 is 0.802 bits per heavy atom. The summed E-state index contributed by atoms with van der Waals surface area (Å²) in [6.07, 6.45) is 11.5. The predicted octanol–water partition coefficient (Wildman–Crippen LogP) is 2.99. The summed E-state index contributed by atoms with van der Waals surface area (Å²) in [7, 11) is 0. The van der Waals surface area contributed by atoms with Crippen LogP contribution >= 0.6 is 0 Å². The van der Waals surface area contributed by atoms with Crippen molar-refractivity contribution in [2.75, 3.05) is 19.6 Å². The third-order valence-electron chi connectivity index (χ3n) is 14.7. The molecule has 0 heterocycles. The summed E-state index contributed by atoms with van der Waals surface area (Å²) in [5, 5.41) is 34.3. The van der Waals surface area contributed by atoms with E-state index in [4.69, 9.17) is 22.9 Å². The van der Waals surface area contributed by atoms with E-state index < -0.39 is 132 Å². The standard InChI is InChI=1S/C61H116N14O11/c1-14-16-17-18-19-20-21-22-26-42(63)52(77)67-35-49(76)68-45(31-36(3)4)55(80)70-44(28-25-30-66-61(64)65)54(79)75-51(41(13)15-2)59(84)73-48(34-39(9)10)58(83)72-47(33-38(7)8)57(82)71-46(32-37(5)6)56(81)69-43(27-23-24-29-62)53(78)74-50(40(11)12)60(85)86/h36-48,50-51H,14-35,62-63H2,1-13H3,(H,67,77)(H,68,76)(H,69,81)(H,70,80)(H,71,82)(H,72,83)(H,73,84)(H,74,78)(H,75,79)(H,85,86)(H4,64,65,66)/t41-,42?,43-,44-,45-,46-,47-,48-,50-,51-/m0/s1. The van der Waals surface area contributed by atoms with Crippen LogP contribution in [0.5, 0.6) is 0 Å². The summed E-state index contributed by atoms with van der Waals surface area (Å²) < 4.78 is 0. The second-order valence-corrected chi connectivity index (χ2v) is 25.2. The fourth-order valence-corrected chi connectivity index (χ4v) is 9.59. The number of rotatable bonds is 47. The highest BCUT2D eigenvalue weighted by molar-refractivity contribution is 5.98. The van der Waals surface area contributed by atoms with Crippen LogP contribution in [0, 0.1) is 35.5 Å². The minimum absolute atomic E-state index is 0.00589. The smallest absolute Gasteiger partial charge is 0.326 e. The summed E-state index contributed by atoms with van der Waals surface area (Å²) in [5.74, 6) is -8.99. The average Bonchev–Trinajstić information content (AvgIpc) is 2.60. The largest absolute Gasteiger partial charge is 0.480 e. The van der Waals surface area contributed by atoms with Crippen molar-refractivity contribution in [2.24, 2.45) is 63.4 Å². The lowest BCUT2D eigenvalue weighted by molar-refractivity contribution is -0.143. The summed E-state index contributed by atoms with van der Waals surface area (Å²) in [4.78, 5) is 142. The second-order valence-electron chi connectivity index (χ2n) is 25.2. The van der Waals surface area contributed by atoms with Crippen LogP contribution in [0.4, 0.5) is 0 Å². The molecule has 0 aliphatic carbocycles. The molecule has 86 heavy (non-hydrogen) atoms. The van der Waals surface area contributed by atoms with Crippen molar-refractivity contribution in [2.45, 2.75) is 266 Å². The highest BCUT2D eigenvalue weighted by Gasteiger charge is 2.37. The molecule has 0 saturated heterocycles. The van der Waals surface area contributed by atoms with Gasteiger partial charge >= 0.3 is 5.97 Å². The Bertz CT molecular complexity index is 2100. The first-order valence-corrected chi connectivity index (χ1v) is 31.8. The molecule has 0 saturated carbocycles. The van der Waals surface area contributed by atoms with Crippen LogP contribution in [0.1, 0.15) is 212 Å². The maximum absolute atomic E-state index is 14.5. The van der Waals surface area contributed by atoms with Crippen molar-refractivity contribution in [3.05, 3.63) is 0 Å². The molecule has 0 aromatic rings. The minimum Gasteiger partial charge on any atom is -0.480 e. The van der Waals surface area contributed by atoms with Crippen LogP contribution in [-0.4, -0.2) is 144 Å². The number of nitrogens with zero attached hydrogens (tertiary/aromatic N) is 1. The molecule has 9 amide bonds. The average molecular weight is 1220 g/mol. The van der Waals surface area contributed by atoms with Gasteiger partial charge in [-0.2, -0.15) is 0 Å². The van der Waals surface area contributed by atoms with E-state index >= 15 is 0 Å². The maximum atomic E-state index is 14.5. The molecule has 0 aliphatic rings. The van der Waals surface area contributed by atoms with Crippen LogP contribution in [0.3, 0.4) is 0 Å². The lowest BCUT2D eigenvalue weighted by Gasteiger charge is -2.30. The Labute approximate surface area is 513 Å². The van der Waals surface area contributed by atoms with E-state index in [0.717, 1.165) is 25.7 Å². The number of carbonyl (C=O) groups is 10. The van der Waals surface area contributed by atoms with Crippen molar-refractivity contribution >= 4 is 65.1 Å². The number of carbonyl (C=O) groups excluding carboxylic acids is 9. The predicted molar refractivity (Wildman–Crippen MR) is 336 cm³/mol. The van der Waals surface area contributed by atoms with E-state index in [9.17, 15) is 53.1 Å². The molecule has 0 rings (SSSR count). The SMILES string of the molecule is CCCCCCCCCCC(N)C(=O)NCC(=O)N[C@@H](CC(C)C)C(=O)N[C@@H](CCCN=C(N)N)C(=O)N[C@H](C(=O)N[C@@H](CC(C)C)C(=O)N[C@@H](CC(C)C)C(=O)N[C@@H](CC(C)C)C(=O)N[C@@H](CCCCN)C(=O)N[C@H](C(=O)O)C(C)C)[C@@H](C)CC. The van der Waals surface area contributed by atoms with Crippen molar-refractivity contribution in [3.8, 4) is 0 Å². The maximum Gasteiger partial charge on any atom is 0.326 e. The van der Waals surface area contributed by atoms with Crippen molar-refractivity contribution in [3.63, 3.8) is 0 Å². The zero-order valence-electron chi connectivity index (χ0n) is 54.5. The molecule has 10 atom stereocenters. The Kier molecular flexibility index (Phi) is 41.2. The van der Waals surface area contributed by atoms with Gasteiger partial charge in [0.2, 0.25) is 53.2 Å². The van der Waals surface area contributed by atoms with Crippen LogP contribution < -0.4 is 70.8 Å². The number of nitrogens with one attached hydrogen (secondary N) is 9. The van der Waals surface area contributed by atoms with Gasteiger partial charge in [-0.05, 0) is 106 Å². The number of aliphatic imine (C=N–C) groups is 1. The van der Waals surface area contributed by atoms with Gasteiger partial charge in [-0.3, -0.25) is 48.1 Å². The molecule has 18 N–H and O–H groups in total. The summed E-state index contributed by atoms with van der Waals surface area (Å²) >= 11 is 0. The first-order valence-electron chi connectivity index (χ1n) is 31.8. The summed E-state index contributed by atoms with van der Waals surface area (Å²) in [6, 6.07) is -10.4. The van der Waals surface area contributed by atoms with Gasteiger partial charge in [0.15, 0.2) is 5.96 Å². The Morgan fingerprint density at radius 3 is 1.20 bits per heavy atom. The van der Waals surface area contributed by atoms with Crippen LogP contribution in [0.15, 0.2) is 4.99 Å². The number of unbranched alkanes of at least 4 members (excludes halogenated alkanes) is 8. The summed E-state index contributed by atoms with van der Waals surface area (Å²) in [5.41, 5.74) is 23.0. The molecular weight excluding hydrogens is 1100 g/mol. The van der Waals surface area contributed by atoms with Gasteiger partial charge in [0.05, 0.1) is 12.6 Å². The van der Waals surface area contributed by atoms with Crippen LogP contribution in [0.25, 0.3) is 0 Å². The van der Waals surface area contributed by atoms with Gasteiger partial charge in [0.1, 0.15) is 48.3 Å². The van der Waals surface area contributed by atoms with Gasteiger partial charge in [-0.15, -0.1) is 0 Å². The van der Waals surface area contributed by atoms with Gasteiger partial charge in [0.25, 0.3) is 0 Å². The number of hydrogen-bond acceptors (Lipinski definition) is 13. The molecule has 0 aromatic heterocycles. The third-order valence-corrected chi connectivity index (χ3v) is 14.7. The molecule has 0 spiro atoms. The zero-order valence-corrected chi connectivity index (χ0v) is 54.5. The Hall–Kier alpha value is -6.11.